The van der Waals surface area contributed by atoms with Gasteiger partial charge in [0.1, 0.15) is 145 Å². The molecule has 0 aromatic heterocycles. The second kappa shape index (κ2) is 54.8. The molecule has 6 fully saturated rings. The summed E-state index contributed by atoms with van der Waals surface area (Å²) < 4.78 is 350. The number of esters is 6. The molecule has 6 saturated heterocycles. The number of unbranched alkanes of at least 4 members (excludes halogenated alkanes) is 1. The van der Waals surface area contributed by atoms with Crippen LogP contribution in [0.15, 0.2) is 170 Å². The van der Waals surface area contributed by atoms with Gasteiger partial charge >= 0.3 is 51.6 Å². The van der Waals surface area contributed by atoms with Crippen LogP contribution in [0.1, 0.15) is 89.3 Å². The standard InChI is InChI=1S/C16H16O7S.C15H12F2O7S.C14H18O7S.C13H14F2O7S.C12H12F2O7S.C11H12O7S.6CH3/c17-16(10-24(18,19)20)22-6-5-21-14-4-3-11-7-13(15-9-23-15)2-1-12(11)8-14;16-15(17,25(19,20)21)14(18)24-8-23-12-4-3-9-5-11(13-7-22-13)2-1-10(9)6-12;15-14(10-22(16,17)18)20-8-2-1-7-19-12-5-3-11(4-6-12)13-9-21-13;14-13(15,23(17,18)19)12(16)21-7-1-6-20-10-4-2-9(3-5-10)11-8-22-11;13-12(14,22(16,17)18)11(15)20-6-5-19-9-3-1-8(2-4-9)10-7-21-10;12-11(6-19(13,14)15)18-7-17-9-3-1-8(2-4-9)10-5-16-10;;;;;;/h1-4,7-8,15H,5-6,9-10H2,(H,18,19,20);1-6,13H,7-8H2,(H,19,20,21);3-6,13H,1-2,7-10H2,(H,16,17,18);2-5,11H,1,6-8H2,(H,17,18,19);1-4,10H,5-7H2,(H,16,17,18);1-4,10H,5-7H2,(H,13,14,15);6*1H3/q;;;;;;6*+1/p-6. The summed E-state index contributed by atoms with van der Waals surface area (Å²) in [4.78, 5) is 65.6. The summed E-state index contributed by atoms with van der Waals surface area (Å²) in [6.45, 7) is 1.95. The van der Waals surface area contributed by atoms with Gasteiger partial charge in [0.25, 0.3) is 0 Å². The third-order valence-electron chi connectivity index (χ3n) is 17.9. The fraction of sp³-hybridized carbons (Fsp3) is 0.356. The van der Waals surface area contributed by atoms with Crippen molar-refractivity contribution in [3.05, 3.63) is 248 Å². The molecule has 8 aromatic carbocycles. The van der Waals surface area contributed by atoms with Crippen molar-refractivity contribution < 1.29 is 218 Å². The smallest absolute Gasteiger partial charge is 0.429 e. The Bertz CT molecular complexity index is 6130. The zero-order valence-electron chi connectivity index (χ0n) is 75.5. The molecule has 8 aromatic rings. The highest BCUT2D eigenvalue weighted by atomic mass is 32.2. The number of carbonyl (C=O) groups excluding carboxylic acids is 6. The van der Waals surface area contributed by atoms with Crippen LogP contribution in [-0.4, -0.2) is 253 Å². The molecule has 6 aliphatic heterocycles. The molecule has 6 unspecified atom stereocenters. The first-order valence-corrected chi connectivity index (χ1v) is 48.1. The number of ether oxygens (including phenoxy) is 18. The van der Waals surface area contributed by atoms with Gasteiger partial charge in [-0.3, -0.25) is 14.4 Å². The quantitative estimate of drug-likeness (QED) is 0.00502. The zero-order chi connectivity index (χ0) is 98.7. The predicted octanol–water partition coefficient (Wildman–Crippen LogP) is 9.22. The van der Waals surface area contributed by atoms with Gasteiger partial charge < -0.3 is 113 Å². The Morgan fingerprint density at radius 2 is 0.482 bits per heavy atom. The molecule has 0 amide bonds. The summed E-state index contributed by atoms with van der Waals surface area (Å²) in [6.07, 6.45) is 2.12. The minimum absolute atomic E-state index is 0. The van der Waals surface area contributed by atoms with Gasteiger partial charge in [0.15, 0.2) is 30.4 Å². The van der Waals surface area contributed by atoms with Crippen molar-refractivity contribution in [2.75, 3.05) is 123 Å². The summed E-state index contributed by atoms with van der Waals surface area (Å²) in [5, 5.41) is -11.6. The second-order valence-corrected chi connectivity index (χ2v) is 36.9. The Morgan fingerprint density at radius 1 is 0.262 bits per heavy atom. The van der Waals surface area contributed by atoms with Gasteiger partial charge in [-0.1, -0.05) is 84.9 Å². The molecule has 42 nitrogen and oxygen atoms in total. The lowest BCUT2D eigenvalue weighted by Gasteiger charge is -2.18. The lowest BCUT2D eigenvalue weighted by molar-refractivity contribution is -0.168. The molecule has 0 bridgehead atoms. The number of fused-ring (bicyclic) bond motifs is 2. The van der Waals surface area contributed by atoms with Gasteiger partial charge in [0.05, 0.1) is 66.1 Å². The molecule has 6 atom stereocenters. The summed E-state index contributed by atoms with van der Waals surface area (Å²) >= 11 is 0. The highest BCUT2D eigenvalue weighted by Gasteiger charge is 2.50. The van der Waals surface area contributed by atoms with Gasteiger partial charge in [0, 0.05) is 51.0 Å². The van der Waals surface area contributed by atoms with E-state index >= 15 is 0 Å². The summed E-state index contributed by atoms with van der Waals surface area (Å²) in [7, 11) is -32.2. The molecule has 0 saturated carbocycles. The number of halogens is 6. The number of hydrogen-bond acceptors (Lipinski definition) is 42. The van der Waals surface area contributed by atoms with Crippen LogP contribution in [0.25, 0.3) is 21.5 Å². The molecular weight excluding hydrogens is 2020 g/mol. The fourth-order valence-corrected chi connectivity index (χ4v) is 12.6. The largest absolute Gasteiger partial charge is 0.748 e. The van der Waals surface area contributed by atoms with Crippen LogP contribution in [-0.2, 0) is 146 Å². The zero-order valence-corrected chi connectivity index (χ0v) is 80.4. The maximum atomic E-state index is 12.9. The Morgan fingerprint density at radius 3 is 0.816 bits per heavy atom. The minimum Gasteiger partial charge on any atom is -0.748 e. The monoisotopic (exact) mass is 2120 g/mol. The van der Waals surface area contributed by atoms with Gasteiger partial charge in [-0.05, 0) is 153 Å². The Hall–Kier alpha value is -12.1. The molecule has 0 N–H and O–H groups in total. The number of benzene rings is 8. The first kappa shape index (κ1) is 123. The Labute approximate surface area is 809 Å². The fourth-order valence-electron chi connectivity index (χ4n) is 10.7. The maximum Gasteiger partial charge on any atom is 0.429 e. The van der Waals surface area contributed by atoms with E-state index in [0.29, 0.717) is 68.9 Å². The third-order valence-corrected chi connectivity index (χ3v) is 22.0. The van der Waals surface area contributed by atoms with E-state index in [1.54, 1.807) is 66.7 Å². The van der Waals surface area contributed by atoms with E-state index in [1.165, 1.54) is 6.07 Å². The predicted molar refractivity (Wildman–Crippen MR) is 475 cm³/mol. The van der Waals surface area contributed by atoms with Gasteiger partial charge in [-0.15, -0.1) is 0 Å². The van der Waals surface area contributed by atoms with E-state index in [1.807, 2.05) is 91.0 Å². The van der Waals surface area contributed by atoms with Crippen LogP contribution in [0, 0.1) is 44.6 Å². The van der Waals surface area contributed by atoms with Crippen molar-refractivity contribution in [3.8, 4) is 34.5 Å². The lowest BCUT2D eigenvalue weighted by atomic mass is 10.1. The summed E-state index contributed by atoms with van der Waals surface area (Å²) in [5.74, 6) is -11.1. The van der Waals surface area contributed by atoms with E-state index in [4.69, 9.17) is 56.8 Å². The van der Waals surface area contributed by atoms with Crippen molar-refractivity contribution in [2.24, 2.45) is 0 Å². The number of epoxide rings is 6. The molecule has 141 heavy (non-hydrogen) atoms. The van der Waals surface area contributed by atoms with E-state index < -0.39 is 156 Å². The van der Waals surface area contributed by atoms with Crippen molar-refractivity contribution in [1.82, 2.24) is 0 Å². The van der Waals surface area contributed by atoms with Crippen molar-refractivity contribution in [2.45, 2.75) is 71.6 Å². The minimum atomic E-state index is -6.16. The summed E-state index contributed by atoms with van der Waals surface area (Å²) in [6, 6.07) is 50.6. The van der Waals surface area contributed by atoms with Crippen LogP contribution in [0.2, 0.25) is 0 Å². The third kappa shape index (κ3) is 43.1. The van der Waals surface area contributed by atoms with Crippen molar-refractivity contribution in [3.63, 3.8) is 0 Å². The lowest BCUT2D eigenvalue weighted by Crippen LogP contribution is -2.39. The average molecular weight is 2120 g/mol. The number of carbonyl (C=O) groups is 6. The van der Waals surface area contributed by atoms with Crippen LogP contribution < -0.4 is 28.4 Å². The molecule has 0 radical (unpaired) electrons. The van der Waals surface area contributed by atoms with Gasteiger partial charge in [-0.25, -0.2) is 64.9 Å². The summed E-state index contributed by atoms with van der Waals surface area (Å²) in [5.41, 5.74) is 6.34. The molecule has 0 spiro atoms. The van der Waals surface area contributed by atoms with Crippen LogP contribution in [0.4, 0.5) is 26.3 Å². The van der Waals surface area contributed by atoms with E-state index in [9.17, 15) is 133 Å². The number of rotatable bonds is 43. The van der Waals surface area contributed by atoms with E-state index in [2.05, 4.69) is 34.5 Å². The first-order chi connectivity index (χ1) is 63.4. The number of alkyl halides is 6. The first-order valence-electron chi connectivity index (χ1n) is 39.1. The molecular formula is C87H96F6O42S6. The molecule has 14 rings (SSSR count). The molecule has 0 aliphatic carbocycles. The van der Waals surface area contributed by atoms with Gasteiger partial charge in [-0.2, -0.15) is 26.3 Å². The van der Waals surface area contributed by atoms with E-state index in [0.717, 1.165) is 73.9 Å². The molecule has 54 heteroatoms. The Balaban J connectivity index is 0.000000432. The van der Waals surface area contributed by atoms with Crippen molar-refractivity contribution >= 4 is 118 Å². The normalized spacial score (nSPS) is 16.7. The highest BCUT2D eigenvalue weighted by molar-refractivity contribution is 7.88. The van der Waals surface area contributed by atoms with Crippen LogP contribution >= 0.6 is 0 Å². The molecule has 6 heterocycles. The highest BCUT2D eigenvalue weighted by Crippen LogP contribution is 2.38. The van der Waals surface area contributed by atoms with Crippen molar-refractivity contribution in [1.29, 1.82) is 0 Å². The Kier molecular flexibility index (Phi) is 47.8. The van der Waals surface area contributed by atoms with Gasteiger partial charge in [0.2, 0.25) is 13.6 Å². The topological polar surface area (TPSA) is 632 Å². The second-order valence-electron chi connectivity index (χ2n) is 28.4. The number of hydrogen-bond donors (Lipinski definition) is 0. The maximum absolute atomic E-state index is 12.9. The van der Waals surface area contributed by atoms with Crippen LogP contribution in [0.3, 0.4) is 0 Å². The molecule has 6 aliphatic rings. The SMILES string of the molecule is O=C(CS(=O)(=O)[O-])OCCCCOc1ccc(C2CO2)cc1.O=C(CS(=O)(=O)[O-])OCCOc1ccc2cc(C3CO3)ccc2c1.O=C(CS(=O)(=O)[O-])OCOc1ccc(C2CO2)cc1.O=C(OCCCOc1ccc(C2CO2)cc1)C(F)(F)S(=O)(=O)[O-].O=C(OCCOc1ccc(C2CO2)cc1)C(F)(F)S(=O)(=O)[O-].O=C(OCOc1ccc2cc(C3CO3)ccc2c1)C(F)(F)S(=O)(=O)[O-].[CH3+].[CH3+].[CH3+].[CH3+].[CH3+].[CH3+]. The molecule has 774 valence electrons. The average Bonchev–Trinajstić information content (AvgIpc) is 1.68. The van der Waals surface area contributed by atoms with Crippen LogP contribution in [0.5, 0.6) is 34.5 Å². The van der Waals surface area contributed by atoms with E-state index in [-0.39, 0.29) is 126 Å².